The zero-order valence-electron chi connectivity index (χ0n) is 16.8. The molecule has 1 aromatic heterocycles. The Morgan fingerprint density at radius 2 is 1.59 bits per heavy atom. The molecule has 1 amide bonds. The van der Waals surface area contributed by atoms with Gasteiger partial charge in [0.05, 0.1) is 0 Å². The summed E-state index contributed by atoms with van der Waals surface area (Å²) in [5.41, 5.74) is 3.57. The molecule has 5 nitrogen and oxygen atoms in total. The number of carbonyl (C=O) groups excluding carboxylic acids is 1. The lowest BCUT2D eigenvalue weighted by Gasteiger charge is -2.28. The Labute approximate surface area is 170 Å². The van der Waals surface area contributed by atoms with Crippen molar-refractivity contribution in [2.45, 2.75) is 38.6 Å². The van der Waals surface area contributed by atoms with Gasteiger partial charge in [0.15, 0.2) is 0 Å². The van der Waals surface area contributed by atoms with Crippen LogP contribution >= 0.6 is 0 Å². The van der Waals surface area contributed by atoms with Crippen molar-refractivity contribution >= 4 is 5.91 Å². The van der Waals surface area contributed by atoms with Crippen LogP contribution < -0.4 is 0 Å². The van der Waals surface area contributed by atoms with Crippen LogP contribution in [0.1, 0.15) is 41.6 Å². The van der Waals surface area contributed by atoms with Crippen LogP contribution in [-0.2, 0) is 0 Å². The summed E-state index contributed by atoms with van der Waals surface area (Å²) in [5, 5.41) is 8.35. The fourth-order valence-corrected chi connectivity index (χ4v) is 4.22. The Bertz CT molecular complexity index is 1020. The number of aromatic nitrogens is 2. The molecular formula is C24H25N3O2. The van der Waals surface area contributed by atoms with Gasteiger partial charge in [0, 0.05) is 29.8 Å². The molecule has 0 N–H and O–H groups in total. The van der Waals surface area contributed by atoms with Crippen molar-refractivity contribution < 1.29 is 9.21 Å². The predicted molar refractivity (Wildman–Crippen MR) is 111 cm³/mol. The van der Waals surface area contributed by atoms with Gasteiger partial charge in [0.25, 0.3) is 5.91 Å². The Morgan fingerprint density at radius 1 is 0.966 bits per heavy atom. The smallest absolute Gasteiger partial charge is 0.253 e. The van der Waals surface area contributed by atoms with E-state index in [4.69, 9.17) is 4.42 Å². The molecule has 0 saturated heterocycles. The lowest BCUT2D eigenvalue weighted by molar-refractivity contribution is 0.0690. The first-order chi connectivity index (χ1) is 14.1. The van der Waals surface area contributed by atoms with E-state index in [9.17, 15) is 4.79 Å². The van der Waals surface area contributed by atoms with Gasteiger partial charge in [-0.25, -0.2) is 0 Å². The van der Waals surface area contributed by atoms with E-state index >= 15 is 0 Å². The first-order valence-corrected chi connectivity index (χ1v) is 10.4. The Morgan fingerprint density at radius 3 is 2.17 bits per heavy atom. The highest BCUT2D eigenvalue weighted by Crippen LogP contribution is 2.47. The van der Waals surface area contributed by atoms with Gasteiger partial charge < -0.3 is 9.32 Å². The maximum absolute atomic E-state index is 13.0. The van der Waals surface area contributed by atoms with Gasteiger partial charge in [-0.15, -0.1) is 10.2 Å². The third-order valence-corrected chi connectivity index (χ3v) is 6.05. The molecule has 0 spiro atoms. The number of benzene rings is 2. The molecule has 0 radical (unpaired) electrons. The van der Waals surface area contributed by atoms with E-state index in [1.807, 2.05) is 67.4 Å². The molecule has 3 aromatic rings. The molecule has 0 aliphatic heterocycles. The molecule has 2 aromatic carbocycles. The summed E-state index contributed by atoms with van der Waals surface area (Å²) in [5.74, 6) is 2.47. The summed E-state index contributed by atoms with van der Waals surface area (Å²) in [6, 6.07) is 15.9. The van der Waals surface area contributed by atoms with E-state index in [1.165, 1.54) is 25.7 Å². The predicted octanol–water partition coefficient (Wildman–Crippen LogP) is 4.97. The minimum atomic E-state index is 0.103. The van der Waals surface area contributed by atoms with Crippen LogP contribution in [0.3, 0.4) is 0 Å². The van der Waals surface area contributed by atoms with Gasteiger partial charge in [0.2, 0.25) is 11.8 Å². The summed E-state index contributed by atoms with van der Waals surface area (Å²) in [7, 11) is 1.96. The quantitative estimate of drug-likeness (QED) is 0.599. The summed E-state index contributed by atoms with van der Waals surface area (Å²) in [4.78, 5) is 15.0. The molecule has 2 fully saturated rings. The normalized spacial score (nSPS) is 16.2. The second-order valence-corrected chi connectivity index (χ2v) is 8.44. The van der Waals surface area contributed by atoms with Gasteiger partial charge in [-0.1, -0.05) is 17.7 Å². The van der Waals surface area contributed by atoms with Crippen molar-refractivity contribution in [3.05, 3.63) is 59.7 Å². The van der Waals surface area contributed by atoms with E-state index in [-0.39, 0.29) is 5.91 Å². The van der Waals surface area contributed by atoms with E-state index in [0.29, 0.717) is 35.2 Å². The minimum Gasteiger partial charge on any atom is -0.416 e. The number of aryl methyl sites for hydroxylation is 1. The first-order valence-electron chi connectivity index (χ1n) is 10.4. The van der Waals surface area contributed by atoms with Crippen molar-refractivity contribution in [3.8, 4) is 22.9 Å². The number of nitrogens with zero attached hydrogens (tertiary/aromatic N) is 3. The van der Waals surface area contributed by atoms with Gasteiger partial charge >= 0.3 is 0 Å². The molecule has 0 bridgehead atoms. The topological polar surface area (TPSA) is 59.2 Å². The fourth-order valence-electron chi connectivity index (χ4n) is 4.22. The molecule has 0 unspecified atom stereocenters. The lowest BCUT2D eigenvalue weighted by Crippen LogP contribution is -2.40. The molecule has 5 rings (SSSR count). The van der Waals surface area contributed by atoms with Crippen LogP contribution in [0.4, 0.5) is 0 Å². The largest absolute Gasteiger partial charge is 0.416 e. The Balaban J connectivity index is 1.33. The van der Waals surface area contributed by atoms with E-state index < -0.39 is 0 Å². The van der Waals surface area contributed by atoms with Crippen molar-refractivity contribution in [1.82, 2.24) is 15.1 Å². The molecular weight excluding hydrogens is 362 g/mol. The van der Waals surface area contributed by atoms with Crippen LogP contribution in [0.15, 0.2) is 52.9 Å². The third-order valence-electron chi connectivity index (χ3n) is 6.05. The fraction of sp³-hybridized carbons (Fsp3) is 0.375. The van der Waals surface area contributed by atoms with E-state index in [1.54, 1.807) is 0 Å². The number of hydrogen-bond acceptors (Lipinski definition) is 4. The van der Waals surface area contributed by atoms with Crippen LogP contribution in [-0.4, -0.2) is 34.1 Å². The van der Waals surface area contributed by atoms with Gasteiger partial charge in [-0.05, 0) is 80.8 Å². The SMILES string of the molecule is Cc1cccc(-c2nnc(-c3ccc(C(=O)N(C)C(C4CC4)C4CC4)cc3)o2)c1. The molecule has 29 heavy (non-hydrogen) atoms. The third kappa shape index (κ3) is 3.69. The van der Waals surface area contributed by atoms with Crippen molar-refractivity contribution in [2.24, 2.45) is 11.8 Å². The van der Waals surface area contributed by atoms with Crippen molar-refractivity contribution in [2.75, 3.05) is 7.05 Å². The molecule has 2 aliphatic rings. The van der Waals surface area contributed by atoms with E-state index in [0.717, 1.165) is 16.7 Å². The zero-order chi connectivity index (χ0) is 20.0. The zero-order valence-corrected chi connectivity index (χ0v) is 16.8. The standard InChI is InChI=1S/C24H25N3O2/c1-15-4-3-5-20(14-15)23-26-25-22(29-23)18-10-12-19(13-11-18)24(28)27(2)21(16-6-7-16)17-8-9-17/h3-5,10-14,16-17,21H,6-9H2,1-2H3. The molecule has 5 heteroatoms. The average Bonchev–Trinajstić information content (AvgIpc) is 3.68. The van der Waals surface area contributed by atoms with Gasteiger partial charge in [-0.2, -0.15) is 0 Å². The number of hydrogen-bond donors (Lipinski definition) is 0. The highest BCUT2D eigenvalue weighted by Gasteiger charge is 2.45. The van der Waals surface area contributed by atoms with Gasteiger partial charge in [0.1, 0.15) is 0 Å². The molecule has 2 aliphatic carbocycles. The molecule has 1 heterocycles. The summed E-state index contributed by atoms with van der Waals surface area (Å²) in [6.45, 7) is 2.03. The highest BCUT2D eigenvalue weighted by molar-refractivity contribution is 5.94. The summed E-state index contributed by atoms with van der Waals surface area (Å²) >= 11 is 0. The lowest BCUT2D eigenvalue weighted by atomic mass is 10.0. The Hall–Kier alpha value is -2.95. The van der Waals surface area contributed by atoms with Crippen LogP contribution in [0.5, 0.6) is 0 Å². The van der Waals surface area contributed by atoms with Crippen molar-refractivity contribution in [1.29, 1.82) is 0 Å². The summed E-state index contributed by atoms with van der Waals surface area (Å²) < 4.78 is 5.86. The summed E-state index contributed by atoms with van der Waals surface area (Å²) in [6.07, 6.45) is 5.05. The molecule has 148 valence electrons. The number of amides is 1. The van der Waals surface area contributed by atoms with Crippen LogP contribution in [0.2, 0.25) is 0 Å². The number of rotatable bonds is 6. The second kappa shape index (κ2) is 7.14. The second-order valence-electron chi connectivity index (χ2n) is 8.44. The van der Waals surface area contributed by atoms with Crippen molar-refractivity contribution in [3.63, 3.8) is 0 Å². The van der Waals surface area contributed by atoms with E-state index in [2.05, 4.69) is 10.2 Å². The molecule has 2 saturated carbocycles. The van der Waals surface area contributed by atoms with Gasteiger partial charge in [-0.3, -0.25) is 4.79 Å². The highest BCUT2D eigenvalue weighted by atomic mass is 16.4. The maximum atomic E-state index is 13.0. The molecule has 0 atom stereocenters. The average molecular weight is 387 g/mol. The maximum Gasteiger partial charge on any atom is 0.253 e. The number of carbonyl (C=O) groups is 1. The Kier molecular flexibility index (Phi) is 4.46. The first kappa shape index (κ1) is 18.1. The monoisotopic (exact) mass is 387 g/mol. The minimum absolute atomic E-state index is 0.103. The van der Waals surface area contributed by atoms with Crippen LogP contribution in [0.25, 0.3) is 22.9 Å². The van der Waals surface area contributed by atoms with Crippen LogP contribution in [0, 0.1) is 18.8 Å².